The molecular weight excluding hydrogens is 250 g/mol. The zero-order valence-electron chi connectivity index (χ0n) is 13.7. The van der Waals surface area contributed by atoms with Gasteiger partial charge in [0, 0.05) is 12.6 Å². The summed E-state index contributed by atoms with van der Waals surface area (Å²) in [5, 5.41) is 3.58. The highest BCUT2D eigenvalue weighted by atomic mass is 16.2. The lowest BCUT2D eigenvalue weighted by molar-refractivity contribution is -0.134. The Hall–Kier alpha value is -0.610. The number of nitrogens with zero attached hydrogens (tertiary/aromatic N) is 2. The van der Waals surface area contributed by atoms with Crippen molar-refractivity contribution in [3.63, 3.8) is 0 Å². The lowest BCUT2D eigenvalue weighted by atomic mass is 10.0. The van der Waals surface area contributed by atoms with Crippen LogP contribution in [0.5, 0.6) is 0 Å². The molecule has 3 unspecified atom stereocenters. The summed E-state index contributed by atoms with van der Waals surface area (Å²) in [5.74, 6) is 1.14. The topological polar surface area (TPSA) is 35.6 Å². The number of likely N-dealkylation sites (N-methyl/N-ethyl adjacent to an activating group) is 1. The Morgan fingerprint density at radius 2 is 1.95 bits per heavy atom. The molecule has 2 rings (SSSR count). The highest BCUT2D eigenvalue weighted by Gasteiger charge is 2.45. The number of piperidine rings is 1. The van der Waals surface area contributed by atoms with Crippen molar-refractivity contribution in [2.45, 2.75) is 65.7 Å². The molecule has 2 fully saturated rings. The smallest absolute Gasteiger partial charge is 0.241 e. The van der Waals surface area contributed by atoms with E-state index in [9.17, 15) is 4.79 Å². The maximum Gasteiger partial charge on any atom is 0.241 e. The molecule has 3 atom stereocenters. The van der Waals surface area contributed by atoms with Gasteiger partial charge in [0.1, 0.15) is 0 Å². The van der Waals surface area contributed by atoms with E-state index in [0.29, 0.717) is 23.8 Å². The van der Waals surface area contributed by atoms with Crippen molar-refractivity contribution in [3.8, 4) is 0 Å². The molecule has 1 N–H and O–H groups in total. The van der Waals surface area contributed by atoms with E-state index in [1.165, 1.54) is 13.0 Å². The van der Waals surface area contributed by atoms with Gasteiger partial charge in [-0.2, -0.15) is 0 Å². The molecule has 4 heteroatoms. The number of carbonyl (C=O) groups is 1. The summed E-state index contributed by atoms with van der Waals surface area (Å²) in [6.45, 7) is 14.2. The Labute approximate surface area is 123 Å². The molecule has 0 saturated carbocycles. The number of hydrogen-bond donors (Lipinski definition) is 1. The molecule has 0 radical (unpaired) electrons. The monoisotopic (exact) mass is 281 g/mol. The van der Waals surface area contributed by atoms with Crippen LogP contribution in [-0.2, 0) is 4.79 Å². The van der Waals surface area contributed by atoms with E-state index in [1.807, 2.05) is 0 Å². The quantitative estimate of drug-likeness (QED) is 0.855. The van der Waals surface area contributed by atoms with E-state index < -0.39 is 0 Å². The first-order chi connectivity index (χ1) is 9.45. The lowest BCUT2D eigenvalue weighted by Crippen LogP contribution is -2.53. The largest absolute Gasteiger partial charge is 0.321 e. The predicted molar refractivity (Wildman–Crippen MR) is 82.4 cm³/mol. The van der Waals surface area contributed by atoms with Gasteiger partial charge in [0.25, 0.3) is 0 Å². The summed E-state index contributed by atoms with van der Waals surface area (Å²) in [6, 6.07) is 0.388. The molecule has 1 amide bonds. The fraction of sp³-hybridized carbons (Fsp3) is 0.938. The minimum Gasteiger partial charge on any atom is -0.321 e. The zero-order valence-corrected chi connectivity index (χ0v) is 13.7. The Morgan fingerprint density at radius 3 is 2.50 bits per heavy atom. The molecule has 0 aromatic heterocycles. The molecule has 2 heterocycles. The minimum absolute atomic E-state index is 0.000553. The Balaban J connectivity index is 2.15. The second kappa shape index (κ2) is 6.44. The van der Waals surface area contributed by atoms with Crippen molar-refractivity contribution in [2.75, 3.05) is 19.6 Å². The van der Waals surface area contributed by atoms with Crippen molar-refractivity contribution in [1.82, 2.24) is 15.1 Å². The third-order valence-corrected chi connectivity index (χ3v) is 4.79. The first-order valence-corrected chi connectivity index (χ1v) is 8.26. The molecule has 0 spiro atoms. The minimum atomic E-state index is -0.000553. The van der Waals surface area contributed by atoms with Crippen molar-refractivity contribution in [2.24, 2.45) is 11.8 Å². The van der Waals surface area contributed by atoms with E-state index in [1.54, 1.807) is 0 Å². The van der Waals surface area contributed by atoms with Crippen molar-refractivity contribution >= 4 is 5.91 Å². The molecular formula is C16H31N3O. The van der Waals surface area contributed by atoms with Gasteiger partial charge < -0.3 is 9.80 Å². The molecule has 0 bridgehead atoms. The summed E-state index contributed by atoms with van der Waals surface area (Å²) < 4.78 is 0. The van der Waals surface area contributed by atoms with Gasteiger partial charge in [0.05, 0.1) is 12.2 Å². The van der Waals surface area contributed by atoms with Gasteiger partial charge in [0.2, 0.25) is 5.91 Å². The highest BCUT2D eigenvalue weighted by Crippen LogP contribution is 2.27. The van der Waals surface area contributed by atoms with E-state index in [2.05, 4.69) is 49.7 Å². The van der Waals surface area contributed by atoms with Gasteiger partial charge in [0.15, 0.2) is 0 Å². The molecule has 4 nitrogen and oxygen atoms in total. The van der Waals surface area contributed by atoms with E-state index in [4.69, 9.17) is 0 Å². The number of amides is 1. The van der Waals surface area contributed by atoms with Gasteiger partial charge in [-0.15, -0.1) is 0 Å². The Kier molecular flexibility index (Phi) is 5.08. The van der Waals surface area contributed by atoms with Crippen LogP contribution in [0, 0.1) is 11.8 Å². The van der Waals surface area contributed by atoms with E-state index in [0.717, 1.165) is 19.5 Å². The molecule has 0 aromatic carbocycles. The number of carbonyl (C=O) groups excluding carboxylic acids is 1. The molecule has 0 aromatic rings. The van der Waals surface area contributed by atoms with Crippen LogP contribution in [0.25, 0.3) is 0 Å². The van der Waals surface area contributed by atoms with Gasteiger partial charge in [-0.05, 0) is 37.8 Å². The van der Waals surface area contributed by atoms with Crippen molar-refractivity contribution < 1.29 is 4.79 Å². The summed E-state index contributed by atoms with van der Waals surface area (Å²) in [4.78, 5) is 17.5. The second-order valence-corrected chi connectivity index (χ2v) is 7.01. The average Bonchev–Trinajstić information content (AvgIpc) is 2.77. The fourth-order valence-corrected chi connectivity index (χ4v) is 3.58. The van der Waals surface area contributed by atoms with Crippen LogP contribution >= 0.6 is 0 Å². The summed E-state index contributed by atoms with van der Waals surface area (Å²) >= 11 is 0. The normalized spacial score (nSPS) is 32.6. The first kappa shape index (κ1) is 15.8. The van der Waals surface area contributed by atoms with Crippen LogP contribution in [0.1, 0.15) is 47.5 Å². The average molecular weight is 281 g/mol. The first-order valence-electron chi connectivity index (χ1n) is 8.26. The Morgan fingerprint density at radius 1 is 1.25 bits per heavy atom. The predicted octanol–water partition coefficient (Wildman–Crippen LogP) is 1.91. The van der Waals surface area contributed by atoms with Gasteiger partial charge in [-0.1, -0.05) is 34.6 Å². The third kappa shape index (κ3) is 3.01. The maximum absolute atomic E-state index is 12.8. The number of hydrogen-bond acceptors (Lipinski definition) is 3. The van der Waals surface area contributed by atoms with Crippen LogP contribution < -0.4 is 5.32 Å². The van der Waals surface area contributed by atoms with E-state index >= 15 is 0 Å². The lowest BCUT2D eigenvalue weighted by Gasteiger charge is -2.40. The van der Waals surface area contributed by atoms with Gasteiger partial charge in [-0.25, -0.2) is 0 Å². The van der Waals surface area contributed by atoms with Crippen LogP contribution in [0.4, 0.5) is 0 Å². The Bertz CT molecular complexity index is 343. The second-order valence-electron chi connectivity index (χ2n) is 7.01. The van der Waals surface area contributed by atoms with Crippen LogP contribution in [-0.4, -0.2) is 53.6 Å². The van der Waals surface area contributed by atoms with Gasteiger partial charge in [-0.3, -0.25) is 10.1 Å². The number of rotatable bonds is 4. The van der Waals surface area contributed by atoms with Crippen molar-refractivity contribution in [3.05, 3.63) is 0 Å². The molecule has 2 aliphatic rings. The molecule has 2 aliphatic heterocycles. The zero-order chi connectivity index (χ0) is 14.9. The third-order valence-electron chi connectivity index (χ3n) is 4.79. The molecule has 116 valence electrons. The van der Waals surface area contributed by atoms with E-state index in [-0.39, 0.29) is 12.2 Å². The van der Waals surface area contributed by atoms with Gasteiger partial charge >= 0.3 is 0 Å². The van der Waals surface area contributed by atoms with Crippen LogP contribution in [0.2, 0.25) is 0 Å². The molecule has 2 saturated heterocycles. The summed E-state index contributed by atoms with van der Waals surface area (Å²) in [7, 11) is 0. The number of nitrogens with one attached hydrogen (secondary N) is 1. The van der Waals surface area contributed by atoms with Crippen molar-refractivity contribution in [1.29, 1.82) is 0 Å². The van der Waals surface area contributed by atoms with Crippen LogP contribution in [0.15, 0.2) is 0 Å². The highest BCUT2D eigenvalue weighted by molar-refractivity contribution is 5.85. The molecule has 20 heavy (non-hydrogen) atoms. The standard InChI is InChI=1S/C16H31N3O/c1-6-18-9-7-8-13(10-18)19-15(12(4)5)17-14(11(2)3)16(19)20/h11-15,17H,6-10H2,1-5H3. The fourth-order valence-electron chi connectivity index (χ4n) is 3.58. The number of likely N-dealkylation sites (tertiary alicyclic amines) is 1. The maximum atomic E-state index is 12.8. The van der Waals surface area contributed by atoms with Crippen LogP contribution in [0.3, 0.4) is 0 Å². The summed E-state index contributed by atoms with van der Waals surface area (Å²) in [5.41, 5.74) is 0. The summed E-state index contributed by atoms with van der Waals surface area (Å²) in [6.07, 6.45) is 2.56. The molecule has 0 aliphatic carbocycles. The SMILES string of the molecule is CCN1CCCC(N2C(=O)C(C(C)C)NC2C(C)C)C1.